The lowest BCUT2D eigenvalue weighted by molar-refractivity contribution is -0.131. The van der Waals surface area contributed by atoms with E-state index < -0.39 is 11.9 Å². The number of imidazole rings is 1. The normalized spacial score (nSPS) is 10.9. The van der Waals surface area contributed by atoms with Gasteiger partial charge >= 0.3 is 5.97 Å². The largest absolute Gasteiger partial charge is 0.478 e. The summed E-state index contributed by atoms with van der Waals surface area (Å²) in [5.41, 5.74) is 1.84. The van der Waals surface area contributed by atoms with Crippen LogP contribution in [0.15, 0.2) is 36.4 Å². The lowest BCUT2D eigenvalue weighted by atomic mass is 10.3. The number of amides is 1. The Morgan fingerprint density at radius 2 is 2.11 bits per heavy atom. The molecule has 0 unspecified atom stereocenters. The molecule has 1 amide bonds. The van der Waals surface area contributed by atoms with Gasteiger partial charge in [-0.2, -0.15) is 0 Å². The number of nitrogens with one attached hydrogen (secondary N) is 2. The van der Waals surface area contributed by atoms with Gasteiger partial charge in [-0.25, -0.2) is 9.78 Å². The topological polar surface area (TPSA) is 95.1 Å². The van der Waals surface area contributed by atoms with Gasteiger partial charge in [-0.1, -0.05) is 12.1 Å². The van der Waals surface area contributed by atoms with E-state index in [2.05, 4.69) is 15.3 Å². The maximum atomic E-state index is 11.2. The minimum Gasteiger partial charge on any atom is -0.478 e. The number of aliphatic carboxylic acids is 1. The van der Waals surface area contributed by atoms with Gasteiger partial charge in [0, 0.05) is 25.1 Å². The number of hydrogen-bond donors (Lipinski definition) is 3. The van der Waals surface area contributed by atoms with Gasteiger partial charge < -0.3 is 15.4 Å². The molecular formula is C13H13N3O3. The van der Waals surface area contributed by atoms with Crippen LogP contribution in [0, 0.1) is 0 Å². The van der Waals surface area contributed by atoms with Gasteiger partial charge in [0.25, 0.3) is 0 Å². The molecule has 0 saturated heterocycles. The molecule has 6 heteroatoms. The summed E-state index contributed by atoms with van der Waals surface area (Å²) in [6, 6.07) is 7.66. The van der Waals surface area contributed by atoms with E-state index in [0.717, 1.165) is 29.0 Å². The van der Waals surface area contributed by atoms with Crippen molar-refractivity contribution >= 4 is 22.9 Å². The molecule has 1 aromatic carbocycles. The van der Waals surface area contributed by atoms with Crippen molar-refractivity contribution in [3.8, 4) is 0 Å². The van der Waals surface area contributed by atoms with Gasteiger partial charge in [-0.15, -0.1) is 0 Å². The highest BCUT2D eigenvalue weighted by atomic mass is 16.4. The van der Waals surface area contributed by atoms with E-state index in [-0.39, 0.29) is 0 Å². The average Bonchev–Trinajstić information content (AvgIpc) is 2.79. The number of carbonyl (C=O) groups is 2. The Hall–Kier alpha value is -2.63. The molecule has 1 aromatic heterocycles. The van der Waals surface area contributed by atoms with E-state index in [9.17, 15) is 9.59 Å². The van der Waals surface area contributed by atoms with Crippen molar-refractivity contribution in [2.45, 2.75) is 6.42 Å². The summed E-state index contributed by atoms with van der Waals surface area (Å²) in [7, 11) is 0. The fourth-order valence-electron chi connectivity index (χ4n) is 1.63. The van der Waals surface area contributed by atoms with Crippen LogP contribution in [-0.2, 0) is 16.0 Å². The van der Waals surface area contributed by atoms with Crippen molar-refractivity contribution in [1.29, 1.82) is 0 Å². The van der Waals surface area contributed by atoms with Gasteiger partial charge in [0.05, 0.1) is 11.0 Å². The third-order valence-corrected chi connectivity index (χ3v) is 2.48. The highest BCUT2D eigenvalue weighted by molar-refractivity contribution is 5.93. The third-order valence-electron chi connectivity index (χ3n) is 2.48. The zero-order valence-corrected chi connectivity index (χ0v) is 10.1. The first kappa shape index (κ1) is 12.8. The van der Waals surface area contributed by atoms with E-state index in [1.165, 1.54) is 0 Å². The van der Waals surface area contributed by atoms with E-state index in [0.29, 0.717) is 13.0 Å². The standard InChI is InChI=1S/C13H13N3O3/c17-12(5-6-13(18)19)14-8-7-11-15-9-3-1-2-4-10(9)16-11/h1-6H,7-8H2,(H,14,17)(H,15,16)(H,18,19)/b6-5-. The molecule has 0 spiro atoms. The van der Waals surface area contributed by atoms with Crippen LogP contribution >= 0.6 is 0 Å². The highest BCUT2D eigenvalue weighted by Gasteiger charge is 2.02. The molecule has 0 aliphatic rings. The molecular weight excluding hydrogens is 246 g/mol. The molecule has 98 valence electrons. The number of carbonyl (C=O) groups excluding carboxylic acids is 1. The van der Waals surface area contributed by atoms with E-state index in [4.69, 9.17) is 5.11 Å². The molecule has 0 aliphatic carbocycles. The number of para-hydroxylation sites is 2. The van der Waals surface area contributed by atoms with Crippen LogP contribution < -0.4 is 5.32 Å². The van der Waals surface area contributed by atoms with Crippen molar-refractivity contribution in [2.75, 3.05) is 6.54 Å². The van der Waals surface area contributed by atoms with Crippen molar-refractivity contribution in [2.24, 2.45) is 0 Å². The Labute approximate surface area is 109 Å². The zero-order chi connectivity index (χ0) is 13.7. The summed E-state index contributed by atoms with van der Waals surface area (Å²) in [5, 5.41) is 10.9. The summed E-state index contributed by atoms with van der Waals surface area (Å²) in [5.74, 6) is -0.797. The predicted molar refractivity (Wildman–Crippen MR) is 69.6 cm³/mol. The van der Waals surface area contributed by atoms with Gasteiger partial charge in [-0.3, -0.25) is 4.79 Å². The maximum Gasteiger partial charge on any atom is 0.328 e. The molecule has 3 N–H and O–H groups in total. The van der Waals surface area contributed by atoms with Crippen LogP contribution in [0.4, 0.5) is 0 Å². The highest BCUT2D eigenvalue weighted by Crippen LogP contribution is 2.10. The Bertz CT molecular complexity index is 598. The summed E-state index contributed by atoms with van der Waals surface area (Å²) >= 11 is 0. The first-order valence-electron chi connectivity index (χ1n) is 5.77. The number of aromatic nitrogens is 2. The number of nitrogens with zero attached hydrogens (tertiary/aromatic N) is 1. The van der Waals surface area contributed by atoms with E-state index in [1.807, 2.05) is 24.3 Å². The Kier molecular flexibility index (Phi) is 3.92. The molecule has 19 heavy (non-hydrogen) atoms. The molecule has 0 atom stereocenters. The average molecular weight is 259 g/mol. The molecule has 0 aliphatic heterocycles. The monoisotopic (exact) mass is 259 g/mol. The minimum atomic E-state index is -1.15. The number of hydrogen-bond acceptors (Lipinski definition) is 3. The number of H-pyrrole nitrogens is 1. The molecule has 0 bridgehead atoms. The summed E-state index contributed by atoms with van der Waals surface area (Å²) in [6.45, 7) is 0.391. The minimum absolute atomic E-state index is 0.391. The smallest absolute Gasteiger partial charge is 0.328 e. The number of benzene rings is 1. The van der Waals surface area contributed by atoms with Crippen molar-refractivity contribution < 1.29 is 14.7 Å². The summed E-state index contributed by atoms with van der Waals surface area (Å²) in [4.78, 5) is 28.9. The maximum absolute atomic E-state index is 11.2. The van der Waals surface area contributed by atoms with Gasteiger partial charge in [0.15, 0.2) is 0 Å². The van der Waals surface area contributed by atoms with E-state index in [1.54, 1.807) is 0 Å². The number of aromatic amines is 1. The number of carboxylic acids is 1. The number of carboxylic acid groups (broad SMARTS) is 1. The van der Waals surface area contributed by atoms with Crippen LogP contribution in [0.2, 0.25) is 0 Å². The van der Waals surface area contributed by atoms with Crippen LogP contribution in [-0.4, -0.2) is 33.5 Å². The quantitative estimate of drug-likeness (QED) is 0.694. The van der Waals surface area contributed by atoms with E-state index >= 15 is 0 Å². The second kappa shape index (κ2) is 5.81. The number of rotatable bonds is 5. The van der Waals surface area contributed by atoms with Gasteiger partial charge in [-0.05, 0) is 12.1 Å². The first-order valence-corrected chi connectivity index (χ1v) is 5.77. The van der Waals surface area contributed by atoms with Crippen LogP contribution in [0.1, 0.15) is 5.82 Å². The Morgan fingerprint density at radius 3 is 2.84 bits per heavy atom. The van der Waals surface area contributed by atoms with Gasteiger partial charge in [0.1, 0.15) is 5.82 Å². The van der Waals surface area contributed by atoms with Crippen LogP contribution in [0.25, 0.3) is 11.0 Å². The Morgan fingerprint density at radius 1 is 1.32 bits per heavy atom. The Balaban J connectivity index is 1.85. The molecule has 1 heterocycles. The van der Waals surface area contributed by atoms with Crippen molar-refractivity contribution in [3.63, 3.8) is 0 Å². The van der Waals surface area contributed by atoms with Crippen LogP contribution in [0.3, 0.4) is 0 Å². The molecule has 0 radical (unpaired) electrons. The molecule has 2 rings (SSSR count). The predicted octanol–water partition coefficient (Wildman–Crippen LogP) is 0.862. The molecule has 2 aromatic rings. The molecule has 0 fully saturated rings. The fraction of sp³-hybridized carbons (Fsp3) is 0.154. The van der Waals surface area contributed by atoms with Crippen molar-refractivity contribution in [1.82, 2.24) is 15.3 Å². The van der Waals surface area contributed by atoms with Gasteiger partial charge in [0.2, 0.25) is 5.91 Å². The number of fused-ring (bicyclic) bond motifs is 1. The lowest BCUT2D eigenvalue weighted by Gasteiger charge is -1.99. The summed E-state index contributed by atoms with van der Waals surface area (Å²) < 4.78 is 0. The SMILES string of the molecule is O=C(O)/C=C\C(=O)NCCc1nc2ccccc2[nH]1. The third kappa shape index (κ3) is 3.67. The zero-order valence-electron chi connectivity index (χ0n) is 10.1. The summed E-state index contributed by atoms with van der Waals surface area (Å²) in [6.07, 6.45) is 2.35. The second-order valence-electron chi connectivity index (χ2n) is 3.91. The molecule has 6 nitrogen and oxygen atoms in total. The second-order valence-corrected chi connectivity index (χ2v) is 3.91. The van der Waals surface area contributed by atoms with Crippen LogP contribution in [0.5, 0.6) is 0 Å². The lowest BCUT2D eigenvalue weighted by Crippen LogP contribution is -2.24. The first-order chi connectivity index (χ1) is 9.15. The molecule has 0 saturated carbocycles. The van der Waals surface area contributed by atoms with Crippen molar-refractivity contribution in [3.05, 3.63) is 42.2 Å². The fourth-order valence-corrected chi connectivity index (χ4v) is 1.63.